The maximum Gasteiger partial charge on any atom is 0.269 e. The number of carbonyl (C=O) groups is 3. The number of fused-ring (bicyclic) bond motifs is 2. The van der Waals surface area contributed by atoms with Gasteiger partial charge in [-0.1, -0.05) is 49.5 Å². The van der Waals surface area contributed by atoms with Crippen molar-refractivity contribution in [1.29, 1.82) is 0 Å². The van der Waals surface area contributed by atoms with Crippen LogP contribution in [0.5, 0.6) is 5.75 Å². The first-order valence-electron chi connectivity index (χ1n) is 18.1. The van der Waals surface area contributed by atoms with Gasteiger partial charge in [-0.3, -0.25) is 24.5 Å². The molecule has 1 spiro atoms. The van der Waals surface area contributed by atoms with Gasteiger partial charge in [-0.15, -0.1) is 0 Å². The van der Waals surface area contributed by atoms with Crippen LogP contribution in [0, 0.1) is 16.0 Å². The van der Waals surface area contributed by atoms with Crippen LogP contribution in [-0.2, 0) is 31.3 Å². The molecular formula is C39H46N4O8Si. The molecule has 0 bridgehead atoms. The number of benzene rings is 3. The second-order valence-electron chi connectivity index (χ2n) is 15.1. The molecule has 0 unspecified atom stereocenters. The van der Waals surface area contributed by atoms with Gasteiger partial charge in [0.15, 0.2) is 5.60 Å². The summed E-state index contributed by atoms with van der Waals surface area (Å²) in [6.45, 7) is 7.66. The predicted octanol–water partition coefficient (Wildman–Crippen LogP) is 4.87. The molecule has 3 aromatic carbocycles. The maximum atomic E-state index is 15.2. The van der Waals surface area contributed by atoms with E-state index in [9.17, 15) is 24.8 Å². The summed E-state index contributed by atoms with van der Waals surface area (Å²) < 4.78 is 12.5. The third-order valence-corrected chi connectivity index (χ3v) is 16.3. The summed E-state index contributed by atoms with van der Waals surface area (Å²) in [5.41, 5.74) is 0.544. The highest BCUT2D eigenvalue weighted by Crippen LogP contribution is 2.60. The summed E-state index contributed by atoms with van der Waals surface area (Å²) >= 11 is 0. The summed E-state index contributed by atoms with van der Waals surface area (Å²) in [7, 11) is -0.973. The smallest absolute Gasteiger partial charge is 0.269 e. The number of aliphatic hydroxyl groups excluding tert-OH is 1. The Morgan fingerprint density at radius 3 is 2.52 bits per heavy atom. The van der Waals surface area contributed by atoms with E-state index in [0.717, 1.165) is 41.4 Å². The summed E-state index contributed by atoms with van der Waals surface area (Å²) in [5.74, 6) is -0.142. The molecule has 3 saturated heterocycles. The van der Waals surface area contributed by atoms with Crippen molar-refractivity contribution in [1.82, 2.24) is 4.90 Å². The minimum atomic E-state index is -2.59. The van der Waals surface area contributed by atoms with Crippen molar-refractivity contribution in [3.05, 3.63) is 88.0 Å². The fourth-order valence-corrected chi connectivity index (χ4v) is 13.4. The molecule has 7 rings (SSSR count). The summed E-state index contributed by atoms with van der Waals surface area (Å²) in [6.07, 6.45) is 2.15. The van der Waals surface area contributed by atoms with Crippen molar-refractivity contribution in [3.63, 3.8) is 0 Å². The van der Waals surface area contributed by atoms with Crippen LogP contribution in [0.25, 0.3) is 0 Å². The number of non-ortho nitro benzene ring substituents is 1. The molecule has 4 aliphatic rings. The van der Waals surface area contributed by atoms with Crippen LogP contribution in [0.3, 0.4) is 0 Å². The molecule has 0 radical (unpaired) electrons. The topological polar surface area (TPSA) is 143 Å². The number of carbonyl (C=O) groups excluding carboxylic acids is 3. The van der Waals surface area contributed by atoms with Crippen LogP contribution in [0.15, 0.2) is 66.7 Å². The molecule has 12 nitrogen and oxygen atoms in total. The number of aliphatic hydroxyl groups is 1. The monoisotopic (exact) mass is 726 g/mol. The average molecular weight is 727 g/mol. The molecule has 1 N–H and O–H groups in total. The maximum absolute atomic E-state index is 15.2. The lowest BCUT2D eigenvalue weighted by atomic mass is 9.82. The molecule has 274 valence electrons. The zero-order chi connectivity index (χ0) is 36.9. The van der Waals surface area contributed by atoms with Gasteiger partial charge in [0.2, 0.25) is 11.8 Å². The van der Waals surface area contributed by atoms with Gasteiger partial charge in [-0.25, -0.2) is 0 Å². The van der Waals surface area contributed by atoms with E-state index in [0.29, 0.717) is 30.8 Å². The van der Waals surface area contributed by atoms with Crippen LogP contribution in [0.1, 0.15) is 50.2 Å². The van der Waals surface area contributed by atoms with E-state index in [1.165, 1.54) is 12.1 Å². The molecule has 0 saturated carbocycles. The zero-order valence-corrected chi connectivity index (χ0v) is 31.1. The van der Waals surface area contributed by atoms with Crippen LogP contribution in [0.2, 0.25) is 18.6 Å². The largest absolute Gasteiger partial charge is 0.497 e. The van der Waals surface area contributed by atoms with Crippen molar-refractivity contribution in [2.75, 3.05) is 36.6 Å². The number of amides is 3. The highest BCUT2D eigenvalue weighted by molar-refractivity contribution is 6.91. The van der Waals surface area contributed by atoms with Gasteiger partial charge in [-0.05, 0) is 60.7 Å². The quantitative estimate of drug-likeness (QED) is 0.177. The number of rotatable bonds is 10. The highest BCUT2D eigenvalue weighted by atomic mass is 28.3. The molecule has 5 atom stereocenters. The van der Waals surface area contributed by atoms with E-state index in [-0.39, 0.29) is 54.6 Å². The minimum Gasteiger partial charge on any atom is -0.497 e. The van der Waals surface area contributed by atoms with Crippen molar-refractivity contribution >= 4 is 48.0 Å². The lowest BCUT2D eigenvalue weighted by molar-refractivity contribution is -0.385. The van der Waals surface area contributed by atoms with Gasteiger partial charge < -0.3 is 29.3 Å². The van der Waals surface area contributed by atoms with E-state index >= 15 is 4.79 Å². The van der Waals surface area contributed by atoms with Gasteiger partial charge in [0.25, 0.3) is 11.6 Å². The number of nitrogens with zero attached hydrogens (tertiary/aromatic N) is 4. The Hall–Kier alpha value is -4.59. The molecule has 4 heterocycles. The van der Waals surface area contributed by atoms with E-state index in [1.807, 2.05) is 55.5 Å². The third kappa shape index (κ3) is 5.88. The van der Waals surface area contributed by atoms with Crippen molar-refractivity contribution in [3.8, 4) is 5.75 Å². The highest BCUT2D eigenvalue weighted by Gasteiger charge is 2.67. The van der Waals surface area contributed by atoms with Gasteiger partial charge in [0, 0.05) is 48.8 Å². The van der Waals surface area contributed by atoms with Gasteiger partial charge in [0.05, 0.1) is 57.5 Å². The first kappa shape index (κ1) is 35.8. The van der Waals surface area contributed by atoms with Crippen LogP contribution < -0.4 is 19.7 Å². The Morgan fingerprint density at radius 2 is 1.85 bits per heavy atom. The normalized spacial score (nSPS) is 25.8. The fourth-order valence-electron chi connectivity index (χ4n) is 9.34. The third-order valence-electron chi connectivity index (χ3n) is 12.0. The molecule has 0 aromatic heterocycles. The summed E-state index contributed by atoms with van der Waals surface area (Å²) in [5, 5.41) is 23.3. The lowest BCUT2D eigenvalue weighted by Crippen LogP contribution is -2.52. The number of anilines is 2. The van der Waals surface area contributed by atoms with E-state index in [2.05, 4.69) is 13.1 Å². The van der Waals surface area contributed by atoms with Gasteiger partial charge in [0.1, 0.15) is 5.75 Å². The average Bonchev–Trinajstić information content (AvgIpc) is 3.91. The van der Waals surface area contributed by atoms with E-state index in [1.54, 1.807) is 27.9 Å². The van der Waals surface area contributed by atoms with Gasteiger partial charge >= 0.3 is 0 Å². The molecule has 4 aliphatic heterocycles. The zero-order valence-electron chi connectivity index (χ0n) is 30.1. The fraction of sp³-hybridized carbons (Fsp3) is 0.462. The van der Waals surface area contributed by atoms with E-state index < -0.39 is 30.6 Å². The van der Waals surface area contributed by atoms with Crippen molar-refractivity contribution < 1.29 is 33.9 Å². The first-order valence-corrected chi connectivity index (χ1v) is 21.2. The van der Waals surface area contributed by atoms with Gasteiger partial charge in [-0.2, -0.15) is 0 Å². The standard InChI is InChI=1S/C39H46N4O8Si/c1-25-37(52(3,4)31-15-13-30(50-2)14-16-31)34(22-36(46)41-18-6-10-29(41)24-44)51-39(25)32-21-28(43(48)49)12-17-33(32)42(38(39)47)23-26-8-5-9-27(20-26)40-19-7-11-35(40)45/h5,8-9,12-17,20-21,25,29,34,37,44H,6-7,10-11,18-19,22-24H2,1-4H3/t25-,29-,34+,37-,39+/m0/s1. The number of ether oxygens (including phenoxy) is 2. The Balaban J connectivity index is 1.32. The van der Waals surface area contributed by atoms with Crippen LogP contribution >= 0.6 is 0 Å². The summed E-state index contributed by atoms with van der Waals surface area (Å²) in [6, 6.07) is 19.8. The molecule has 3 aromatic rings. The molecular weight excluding hydrogens is 681 g/mol. The molecule has 52 heavy (non-hydrogen) atoms. The number of likely N-dealkylation sites (tertiary alicyclic amines) is 1. The minimum absolute atomic E-state index is 0.0172. The number of nitro groups is 1. The van der Waals surface area contributed by atoms with Crippen molar-refractivity contribution in [2.45, 2.75) is 82.0 Å². The molecule has 3 amide bonds. The second kappa shape index (κ2) is 13.8. The van der Waals surface area contributed by atoms with Crippen molar-refractivity contribution in [2.24, 2.45) is 5.92 Å². The Labute approximate surface area is 304 Å². The van der Waals surface area contributed by atoms with Crippen LogP contribution in [0.4, 0.5) is 17.1 Å². The Bertz CT molecular complexity index is 1900. The lowest BCUT2D eigenvalue weighted by Gasteiger charge is -2.37. The molecule has 0 aliphatic carbocycles. The molecule has 13 heteroatoms. The number of hydrogen-bond donors (Lipinski definition) is 1. The summed E-state index contributed by atoms with van der Waals surface area (Å²) in [4.78, 5) is 58.6. The number of nitro benzene ring substituents is 1. The van der Waals surface area contributed by atoms with E-state index in [4.69, 9.17) is 9.47 Å². The Morgan fingerprint density at radius 1 is 1.08 bits per heavy atom. The Kier molecular flexibility index (Phi) is 9.47. The number of methoxy groups -OCH3 is 1. The first-order chi connectivity index (χ1) is 24.9. The molecule has 3 fully saturated rings. The SMILES string of the molecule is COc1ccc([Si](C)(C)[C@@H]2[C@@H](CC(=O)N3CCC[C@H]3CO)O[C@]3(C(=O)N(Cc4cccc(N5CCCC5=O)c4)c4ccc([N+](=O)[O-])cc43)[C@H]2C)cc1. The number of hydrogen-bond acceptors (Lipinski definition) is 8. The van der Waals surface area contributed by atoms with Crippen LogP contribution in [-0.4, -0.2) is 79.7 Å². The predicted molar refractivity (Wildman–Crippen MR) is 198 cm³/mol. The second-order valence-corrected chi connectivity index (χ2v) is 19.8.